The predicted molar refractivity (Wildman–Crippen MR) is 106 cm³/mol. The summed E-state index contributed by atoms with van der Waals surface area (Å²) in [7, 11) is 2.08. The fraction of sp³-hybridized carbons (Fsp3) is 0.591. The van der Waals surface area contributed by atoms with Gasteiger partial charge in [-0.2, -0.15) is 0 Å². The Morgan fingerprint density at radius 2 is 2.00 bits per heavy atom. The van der Waals surface area contributed by atoms with Crippen LogP contribution < -0.4 is 0 Å². The number of carbonyl (C=O) groups excluding carboxylic acids is 1. The first-order valence-electron chi connectivity index (χ1n) is 10.1. The summed E-state index contributed by atoms with van der Waals surface area (Å²) in [5.41, 5.74) is 6.18. The van der Waals surface area contributed by atoms with Crippen molar-refractivity contribution in [2.45, 2.75) is 38.5 Å². The first-order chi connectivity index (χ1) is 12.6. The van der Waals surface area contributed by atoms with Crippen LogP contribution in [0.1, 0.15) is 49.7 Å². The number of likely N-dealkylation sites (N-methyl/N-ethyl adjacent to an activating group) is 1. The third kappa shape index (κ3) is 3.45. The molecule has 1 atom stereocenters. The van der Waals surface area contributed by atoms with E-state index in [4.69, 9.17) is 0 Å². The number of carbonyl (C=O) groups is 1. The average Bonchev–Trinajstić information content (AvgIpc) is 3.21. The van der Waals surface area contributed by atoms with Crippen molar-refractivity contribution in [3.63, 3.8) is 0 Å². The second-order valence-corrected chi connectivity index (χ2v) is 8.18. The minimum Gasteiger partial charge on any atom is -0.328 e. The summed E-state index contributed by atoms with van der Waals surface area (Å²) in [4.78, 5) is 19.1. The summed E-state index contributed by atoms with van der Waals surface area (Å²) in [5, 5.41) is 0. The van der Waals surface area contributed by atoms with E-state index in [9.17, 15) is 4.79 Å². The first-order valence-corrected chi connectivity index (χ1v) is 10.1. The molecular weight excluding hydrogens is 322 g/mol. The first kappa shape index (κ1) is 17.7. The molecule has 2 aliphatic heterocycles. The molecule has 4 rings (SSSR count). The summed E-state index contributed by atoms with van der Waals surface area (Å²) in [6.07, 6.45) is 4.04. The molecule has 4 heteroatoms. The third-order valence-electron chi connectivity index (χ3n) is 6.41. The van der Waals surface area contributed by atoms with Crippen LogP contribution in [-0.4, -0.2) is 67.0 Å². The number of allylic oxidation sites excluding steroid dienone is 1. The maximum atomic E-state index is 12.2. The van der Waals surface area contributed by atoms with E-state index in [0.717, 1.165) is 45.7 Å². The highest BCUT2D eigenvalue weighted by atomic mass is 16.2. The van der Waals surface area contributed by atoms with Crippen LogP contribution in [-0.2, 0) is 4.79 Å². The van der Waals surface area contributed by atoms with Gasteiger partial charge in [0.15, 0.2) is 0 Å². The van der Waals surface area contributed by atoms with Gasteiger partial charge < -0.3 is 9.80 Å². The molecule has 4 nitrogen and oxygen atoms in total. The van der Waals surface area contributed by atoms with Crippen molar-refractivity contribution in [2.75, 3.05) is 46.4 Å². The topological polar surface area (TPSA) is 26.8 Å². The van der Waals surface area contributed by atoms with E-state index in [0.29, 0.717) is 18.2 Å². The Balaban J connectivity index is 1.25. The number of hydrogen-bond acceptors (Lipinski definition) is 3. The number of fused-ring (bicyclic) bond motifs is 3. The van der Waals surface area contributed by atoms with Gasteiger partial charge in [-0.25, -0.2) is 0 Å². The van der Waals surface area contributed by atoms with Crippen LogP contribution in [0.25, 0.3) is 5.57 Å². The van der Waals surface area contributed by atoms with E-state index >= 15 is 0 Å². The quantitative estimate of drug-likeness (QED) is 0.761. The molecule has 1 unspecified atom stereocenters. The summed E-state index contributed by atoms with van der Waals surface area (Å²) in [6.45, 7) is 8.45. The normalized spacial score (nSPS) is 23.5. The number of unbranched alkanes of at least 4 members (excludes halogenated alkanes) is 1. The molecule has 1 aromatic carbocycles. The summed E-state index contributed by atoms with van der Waals surface area (Å²) >= 11 is 0. The van der Waals surface area contributed by atoms with Gasteiger partial charge in [-0.05, 0) is 56.5 Å². The number of rotatable bonds is 5. The molecule has 3 aliphatic rings. The van der Waals surface area contributed by atoms with E-state index in [2.05, 4.69) is 48.0 Å². The lowest BCUT2D eigenvalue weighted by Gasteiger charge is -2.33. The Labute approximate surface area is 157 Å². The van der Waals surface area contributed by atoms with E-state index in [-0.39, 0.29) is 0 Å². The van der Waals surface area contributed by atoms with Crippen LogP contribution >= 0.6 is 0 Å². The van der Waals surface area contributed by atoms with Crippen LogP contribution in [0.3, 0.4) is 0 Å². The zero-order chi connectivity index (χ0) is 18.1. The van der Waals surface area contributed by atoms with Crippen molar-refractivity contribution in [3.8, 4) is 0 Å². The summed E-state index contributed by atoms with van der Waals surface area (Å²) in [6, 6.07) is 8.93. The Bertz CT molecular complexity index is 711. The summed E-state index contributed by atoms with van der Waals surface area (Å²) < 4.78 is 0. The van der Waals surface area contributed by atoms with Gasteiger partial charge >= 0.3 is 0 Å². The third-order valence-corrected chi connectivity index (χ3v) is 6.41. The van der Waals surface area contributed by atoms with Gasteiger partial charge in [0, 0.05) is 38.5 Å². The molecule has 1 aromatic rings. The van der Waals surface area contributed by atoms with Crippen molar-refractivity contribution in [3.05, 3.63) is 41.0 Å². The number of amides is 1. The fourth-order valence-corrected chi connectivity index (χ4v) is 4.86. The van der Waals surface area contributed by atoms with Gasteiger partial charge in [0.1, 0.15) is 0 Å². The molecular formula is C22H31N3O. The minimum absolute atomic E-state index is 0.332. The maximum absolute atomic E-state index is 12.2. The van der Waals surface area contributed by atoms with Crippen LogP contribution in [0.15, 0.2) is 29.8 Å². The zero-order valence-corrected chi connectivity index (χ0v) is 16.2. The van der Waals surface area contributed by atoms with Crippen LogP contribution in [0, 0.1) is 0 Å². The molecule has 2 fully saturated rings. The van der Waals surface area contributed by atoms with E-state index < -0.39 is 0 Å². The lowest BCUT2D eigenvalue weighted by molar-refractivity contribution is -0.130. The number of likely N-dealkylation sites (tertiary alicyclic amines) is 1. The second-order valence-electron chi connectivity index (χ2n) is 8.18. The van der Waals surface area contributed by atoms with Gasteiger partial charge in [-0.3, -0.25) is 9.69 Å². The van der Waals surface area contributed by atoms with Crippen molar-refractivity contribution < 1.29 is 4.79 Å². The van der Waals surface area contributed by atoms with Gasteiger partial charge in [-0.15, -0.1) is 0 Å². The smallest absolute Gasteiger partial charge is 0.223 e. The second kappa shape index (κ2) is 7.53. The Morgan fingerprint density at radius 1 is 1.15 bits per heavy atom. The number of hydrogen-bond donors (Lipinski definition) is 0. The molecule has 2 heterocycles. The van der Waals surface area contributed by atoms with Crippen molar-refractivity contribution in [2.24, 2.45) is 0 Å². The molecule has 0 N–H and O–H groups in total. The monoisotopic (exact) mass is 353 g/mol. The van der Waals surface area contributed by atoms with Crippen LogP contribution in [0.4, 0.5) is 0 Å². The highest BCUT2D eigenvalue weighted by Crippen LogP contribution is 2.45. The van der Waals surface area contributed by atoms with Gasteiger partial charge in [0.05, 0.1) is 6.67 Å². The van der Waals surface area contributed by atoms with Gasteiger partial charge in [-0.1, -0.05) is 29.8 Å². The van der Waals surface area contributed by atoms with E-state index in [1.165, 1.54) is 29.7 Å². The lowest BCUT2D eigenvalue weighted by Crippen LogP contribution is -2.35. The minimum atomic E-state index is 0.332. The molecule has 0 saturated carbocycles. The molecule has 0 aromatic heterocycles. The Morgan fingerprint density at radius 3 is 2.81 bits per heavy atom. The Kier molecular flexibility index (Phi) is 5.14. The SMILES string of the molecule is CC1=C2CCN(CCCCC(=O)N3CCN(C)C3)CC2c2ccccc21. The van der Waals surface area contributed by atoms with Gasteiger partial charge in [0.2, 0.25) is 5.91 Å². The average molecular weight is 354 g/mol. The molecule has 1 amide bonds. The largest absolute Gasteiger partial charge is 0.328 e. The summed E-state index contributed by atoms with van der Waals surface area (Å²) in [5.74, 6) is 0.931. The molecule has 1 aliphatic carbocycles. The van der Waals surface area contributed by atoms with E-state index in [1.54, 1.807) is 5.57 Å². The lowest BCUT2D eigenvalue weighted by atomic mass is 9.89. The number of nitrogens with zero attached hydrogens (tertiary/aromatic N) is 3. The van der Waals surface area contributed by atoms with Gasteiger partial charge in [0.25, 0.3) is 0 Å². The molecule has 140 valence electrons. The standard InChI is InChI=1S/C22H31N3O/c1-17-18-7-3-4-8-20(18)21-15-24(12-10-19(17)21)11-6-5-9-22(26)25-14-13-23(2)16-25/h3-4,7-8,21H,5-6,9-16H2,1-2H3. The van der Waals surface area contributed by atoms with Crippen molar-refractivity contribution in [1.82, 2.24) is 14.7 Å². The molecule has 26 heavy (non-hydrogen) atoms. The predicted octanol–water partition coefficient (Wildman–Crippen LogP) is 3.16. The molecule has 0 radical (unpaired) electrons. The van der Waals surface area contributed by atoms with Crippen molar-refractivity contribution in [1.29, 1.82) is 0 Å². The number of benzene rings is 1. The number of piperidine rings is 1. The highest BCUT2D eigenvalue weighted by molar-refractivity contribution is 5.77. The Hall–Kier alpha value is -1.65. The highest BCUT2D eigenvalue weighted by Gasteiger charge is 2.33. The van der Waals surface area contributed by atoms with Crippen molar-refractivity contribution >= 4 is 11.5 Å². The van der Waals surface area contributed by atoms with E-state index in [1.807, 2.05) is 4.90 Å². The molecule has 0 bridgehead atoms. The van der Waals surface area contributed by atoms with Crippen LogP contribution in [0.2, 0.25) is 0 Å². The fourth-order valence-electron chi connectivity index (χ4n) is 4.86. The molecule has 2 saturated heterocycles. The zero-order valence-electron chi connectivity index (χ0n) is 16.2. The van der Waals surface area contributed by atoms with Crippen LogP contribution in [0.5, 0.6) is 0 Å². The maximum Gasteiger partial charge on any atom is 0.223 e. The molecule has 0 spiro atoms.